The quantitative estimate of drug-likeness (QED) is 0.831. The van der Waals surface area contributed by atoms with Crippen molar-refractivity contribution >= 4 is 9.84 Å². The van der Waals surface area contributed by atoms with Crippen LogP contribution < -0.4 is 5.32 Å². The second-order valence-electron chi connectivity index (χ2n) is 6.02. The lowest BCUT2D eigenvalue weighted by atomic mass is 10.0. The summed E-state index contributed by atoms with van der Waals surface area (Å²) in [6.07, 6.45) is 6.70. The summed E-state index contributed by atoms with van der Waals surface area (Å²) in [5.41, 5.74) is 0. The van der Waals surface area contributed by atoms with Crippen LogP contribution in [0.1, 0.15) is 45.4 Å². The molecule has 0 amide bonds. The summed E-state index contributed by atoms with van der Waals surface area (Å²) in [5.74, 6) is 0.770. The molecule has 5 heteroatoms. The summed E-state index contributed by atoms with van der Waals surface area (Å²) in [6.45, 7) is 5.55. The number of rotatable bonds is 5. The zero-order valence-electron chi connectivity index (χ0n) is 12.1. The largest absolute Gasteiger partial charge is 0.313 e. The molecule has 0 spiro atoms. The smallest absolute Gasteiger partial charge is 0.150 e. The van der Waals surface area contributed by atoms with Crippen molar-refractivity contribution in [2.75, 3.05) is 31.1 Å². The molecule has 0 aromatic heterocycles. The molecule has 2 aliphatic heterocycles. The Kier molecular flexibility index (Phi) is 5.66. The van der Waals surface area contributed by atoms with Gasteiger partial charge in [0.05, 0.1) is 11.5 Å². The first-order valence-corrected chi connectivity index (χ1v) is 9.61. The first-order valence-electron chi connectivity index (χ1n) is 7.78. The van der Waals surface area contributed by atoms with Crippen LogP contribution >= 0.6 is 0 Å². The van der Waals surface area contributed by atoms with Gasteiger partial charge in [0, 0.05) is 18.6 Å². The number of sulfone groups is 1. The van der Waals surface area contributed by atoms with Crippen LogP contribution in [0.2, 0.25) is 0 Å². The van der Waals surface area contributed by atoms with Gasteiger partial charge >= 0.3 is 0 Å². The Morgan fingerprint density at radius 3 is 2.47 bits per heavy atom. The van der Waals surface area contributed by atoms with Gasteiger partial charge in [0.15, 0.2) is 0 Å². The molecule has 2 aliphatic rings. The lowest BCUT2D eigenvalue weighted by molar-refractivity contribution is 0.155. The number of piperidine rings is 1. The zero-order chi connectivity index (χ0) is 13.7. The second-order valence-corrected chi connectivity index (χ2v) is 8.33. The van der Waals surface area contributed by atoms with Crippen LogP contribution in [0.5, 0.6) is 0 Å². The molecule has 2 saturated heterocycles. The van der Waals surface area contributed by atoms with Gasteiger partial charge in [-0.2, -0.15) is 0 Å². The van der Waals surface area contributed by atoms with Crippen molar-refractivity contribution in [3.8, 4) is 0 Å². The molecule has 1 atom stereocenters. The van der Waals surface area contributed by atoms with Gasteiger partial charge in [-0.15, -0.1) is 0 Å². The summed E-state index contributed by atoms with van der Waals surface area (Å²) in [6, 6.07) is 1.09. The van der Waals surface area contributed by atoms with Crippen molar-refractivity contribution in [3.63, 3.8) is 0 Å². The minimum absolute atomic E-state index is 0.385. The predicted octanol–water partition coefficient (Wildman–Crippen LogP) is 1.42. The predicted molar refractivity (Wildman–Crippen MR) is 79.2 cm³/mol. The Labute approximate surface area is 117 Å². The Balaban J connectivity index is 1.88. The van der Waals surface area contributed by atoms with E-state index in [1.165, 1.54) is 19.3 Å². The SMILES string of the molecule is CCCN(CC1CCCCN1)C1CCS(=O)(=O)CC1. The fourth-order valence-corrected chi connectivity index (χ4v) is 4.78. The molecule has 0 aromatic carbocycles. The summed E-state index contributed by atoms with van der Waals surface area (Å²) < 4.78 is 23.1. The van der Waals surface area contributed by atoms with E-state index in [-0.39, 0.29) is 0 Å². The van der Waals surface area contributed by atoms with E-state index in [4.69, 9.17) is 0 Å². The van der Waals surface area contributed by atoms with Crippen molar-refractivity contribution in [1.29, 1.82) is 0 Å². The fourth-order valence-electron chi connectivity index (χ4n) is 3.32. The van der Waals surface area contributed by atoms with Crippen LogP contribution in [0.4, 0.5) is 0 Å². The molecule has 2 heterocycles. The first kappa shape index (κ1) is 15.3. The van der Waals surface area contributed by atoms with Crippen LogP contribution in [0.15, 0.2) is 0 Å². The van der Waals surface area contributed by atoms with E-state index >= 15 is 0 Å². The van der Waals surface area contributed by atoms with Crippen molar-refractivity contribution in [2.45, 2.75) is 57.5 Å². The maximum atomic E-state index is 11.5. The maximum Gasteiger partial charge on any atom is 0.150 e. The third-order valence-electron chi connectivity index (χ3n) is 4.42. The normalized spacial score (nSPS) is 28.6. The first-order chi connectivity index (χ1) is 9.11. The van der Waals surface area contributed by atoms with Crippen molar-refractivity contribution in [1.82, 2.24) is 10.2 Å². The zero-order valence-corrected chi connectivity index (χ0v) is 12.9. The molecular formula is C14H28N2O2S. The molecule has 2 fully saturated rings. The highest BCUT2D eigenvalue weighted by Gasteiger charge is 2.29. The molecule has 19 heavy (non-hydrogen) atoms. The molecule has 1 unspecified atom stereocenters. The minimum Gasteiger partial charge on any atom is -0.313 e. The highest BCUT2D eigenvalue weighted by Crippen LogP contribution is 2.20. The van der Waals surface area contributed by atoms with E-state index in [9.17, 15) is 8.42 Å². The monoisotopic (exact) mass is 288 g/mol. The summed E-state index contributed by atoms with van der Waals surface area (Å²) in [5, 5.41) is 3.60. The fraction of sp³-hybridized carbons (Fsp3) is 1.00. The summed E-state index contributed by atoms with van der Waals surface area (Å²) in [7, 11) is -2.74. The molecule has 0 aromatic rings. The van der Waals surface area contributed by atoms with E-state index < -0.39 is 9.84 Å². The van der Waals surface area contributed by atoms with Gasteiger partial charge in [0.25, 0.3) is 0 Å². The average molecular weight is 288 g/mol. The Bertz CT molecular complexity index is 350. The molecule has 2 rings (SSSR count). The van der Waals surface area contributed by atoms with E-state index in [0.29, 0.717) is 23.6 Å². The molecule has 1 N–H and O–H groups in total. The van der Waals surface area contributed by atoms with Crippen molar-refractivity contribution in [3.05, 3.63) is 0 Å². The van der Waals surface area contributed by atoms with Gasteiger partial charge in [-0.05, 0) is 45.2 Å². The molecule has 0 bridgehead atoms. The third-order valence-corrected chi connectivity index (χ3v) is 6.13. The van der Waals surface area contributed by atoms with Crippen LogP contribution in [-0.2, 0) is 9.84 Å². The van der Waals surface area contributed by atoms with Gasteiger partial charge in [-0.1, -0.05) is 13.3 Å². The Morgan fingerprint density at radius 2 is 1.89 bits per heavy atom. The van der Waals surface area contributed by atoms with Crippen LogP contribution in [0, 0.1) is 0 Å². The summed E-state index contributed by atoms with van der Waals surface area (Å²) >= 11 is 0. The van der Waals surface area contributed by atoms with E-state index in [0.717, 1.165) is 38.9 Å². The number of hydrogen-bond acceptors (Lipinski definition) is 4. The standard InChI is InChI=1S/C14H28N2O2S/c1-2-9-16(12-13-5-3-4-8-15-13)14-6-10-19(17,18)11-7-14/h13-15H,2-12H2,1H3. The van der Waals surface area contributed by atoms with Crippen LogP contribution in [0.3, 0.4) is 0 Å². The molecular weight excluding hydrogens is 260 g/mol. The van der Waals surface area contributed by atoms with Crippen LogP contribution in [-0.4, -0.2) is 56.5 Å². The van der Waals surface area contributed by atoms with Crippen LogP contribution in [0.25, 0.3) is 0 Å². The molecule has 4 nitrogen and oxygen atoms in total. The lowest BCUT2D eigenvalue weighted by Crippen LogP contribution is -2.49. The van der Waals surface area contributed by atoms with Gasteiger partial charge in [0.2, 0.25) is 0 Å². The van der Waals surface area contributed by atoms with Gasteiger partial charge < -0.3 is 5.32 Å². The minimum atomic E-state index is -2.74. The highest BCUT2D eigenvalue weighted by molar-refractivity contribution is 7.91. The Hall–Kier alpha value is -0.130. The van der Waals surface area contributed by atoms with E-state index in [2.05, 4.69) is 17.1 Å². The lowest BCUT2D eigenvalue weighted by Gasteiger charge is -2.37. The second kappa shape index (κ2) is 7.04. The number of nitrogens with zero attached hydrogens (tertiary/aromatic N) is 1. The summed E-state index contributed by atoms with van der Waals surface area (Å²) in [4.78, 5) is 2.54. The van der Waals surface area contributed by atoms with Gasteiger partial charge in [-0.3, -0.25) is 4.90 Å². The van der Waals surface area contributed by atoms with Crippen molar-refractivity contribution < 1.29 is 8.42 Å². The Morgan fingerprint density at radius 1 is 1.16 bits per heavy atom. The number of hydrogen-bond donors (Lipinski definition) is 1. The molecule has 0 radical (unpaired) electrons. The van der Waals surface area contributed by atoms with E-state index in [1.54, 1.807) is 0 Å². The molecule has 0 saturated carbocycles. The van der Waals surface area contributed by atoms with Gasteiger partial charge in [0.1, 0.15) is 9.84 Å². The molecule has 0 aliphatic carbocycles. The van der Waals surface area contributed by atoms with E-state index in [1.807, 2.05) is 0 Å². The average Bonchev–Trinajstić information content (AvgIpc) is 2.39. The highest BCUT2D eigenvalue weighted by atomic mass is 32.2. The third kappa shape index (κ3) is 4.72. The topological polar surface area (TPSA) is 49.4 Å². The van der Waals surface area contributed by atoms with Gasteiger partial charge in [-0.25, -0.2) is 8.42 Å². The van der Waals surface area contributed by atoms with Crippen molar-refractivity contribution in [2.24, 2.45) is 0 Å². The number of nitrogens with one attached hydrogen (secondary N) is 1. The molecule has 112 valence electrons. The maximum absolute atomic E-state index is 11.5.